The van der Waals surface area contributed by atoms with Crippen LogP contribution < -0.4 is 5.32 Å². The number of rotatable bonds is 4. The molecule has 0 amide bonds. The van der Waals surface area contributed by atoms with Crippen molar-refractivity contribution in [3.05, 3.63) is 0 Å². The molecule has 1 heterocycles. The minimum absolute atomic E-state index is 0.286. The van der Waals surface area contributed by atoms with Crippen molar-refractivity contribution in [1.82, 2.24) is 10.2 Å². The second kappa shape index (κ2) is 5.70. The summed E-state index contributed by atoms with van der Waals surface area (Å²) < 4.78 is 23.7. The van der Waals surface area contributed by atoms with Gasteiger partial charge in [-0.25, -0.2) is 8.42 Å². The third-order valence-corrected chi connectivity index (χ3v) is 6.90. The van der Waals surface area contributed by atoms with Gasteiger partial charge in [0, 0.05) is 19.1 Å². The van der Waals surface area contributed by atoms with Gasteiger partial charge in [-0.2, -0.15) is 0 Å². The zero-order valence-electron chi connectivity index (χ0n) is 12.5. The fraction of sp³-hybridized carbons (Fsp3) is 1.00. The van der Waals surface area contributed by atoms with E-state index < -0.39 is 14.6 Å². The fourth-order valence-corrected chi connectivity index (χ4v) is 3.71. The van der Waals surface area contributed by atoms with Gasteiger partial charge < -0.3 is 10.2 Å². The van der Waals surface area contributed by atoms with Gasteiger partial charge in [0.05, 0.1) is 10.5 Å². The summed E-state index contributed by atoms with van der Waals surface area (Å²) in [5.74, 6) is 1.12. The molecule has 0 aromatic carbocycles. The maximum absolute atomic E-state index is 12.2. The van der Waals surface area contributed by atoms with Crippen molar-refractivity contribution in [2.45, 2.75) is 50.8 Å². The van der Waals surface area contributed by atoms with Crippen LogP contribution in [0.2, 0.25) is 0 Å². The molecule has 0 aromatic heterocycles. The van der Waals surface area contributed by atoms with E-state index in [1.807, 2.05) is 0 Å². The first-order chi connectivity index (χ1) is 8.79. The van der Waals surface area contributed by atoms with Gasteiger partial charge in [0.1, 0.15) is 0 Å². The van der Waals surface area contributed by atoms with E-state index >= 15 is 0 Å². The minimum atomic E-state index is -2.99. The van der Waals surface area contributed by atoms with Crippen LogP contribution in [0.4, 0.5) is 0 Å². The third-order valence-electron chi connectivity index (χ3n) is 4.31. The SMILES string of the molecule is CC(C)(C)S(=O)(=O)CCN1CCCNC(C2CC2)C1. The summed E-state index contributed by atoms with van der Waals surface area (Å²) in [5.41, 5.74) is 0. The highest BCUT2D eigenvalue weighted by Crippen LogP contribution is 2.33. The van der Waals surface area contributed by atoms with Crippen molar-refractivity contribution in [3.63, 3.8) is 0 Å². The Kier molecular flexibility index (Phi) is 4.58. The van der Waals surface area contributed by atoms with Gasteiger partial charge >= 0.3 is 0 Å². The smallest absolute Gasteiger partial charge is 0.156 e. The summed E-state index contributed by atoms with van der Waals surface area (Å²) in [7, 11) is -2.99. The number of nitrogens with one attached hydrogen (secondary N) is 1. The van der Waals surface area contributed by atoms with Crippen molar-refractivity contribution >= 4 is 9.84 Å². The van der Waals surface area contributed by atoms with Crippen LogP contribution in [0, 0.1) is 5.92 Å². The Labute approximate surface area is 117 Å². The number of nitrogens with zero attached hydrogens (tertiary/aromatic N) is 1. The van der Waals surface area contributed by atoms with Crippen LogP contribution in [0.3, 0.4) is 0 Å². The van der Waals surface area contributed by atoms with Crippen molar-refractivity contribution in [3.8, 4) is 0 Å². The van der Waals surface area contributed by atoms with Crippen LogP contribution in [-0.4, -0.2) is 56.0 Å². The molecule has 1 unspecified atom stereocenters. The lowest BCUT2D eigenvalue weighted by atomic mass is 10.2. The topological polar surface area (TPSA) is 49.4 Å². The molecule has 0 aromatic rings. The van der Waals surface area contributed by atoms with Crippen molar-refractivity contribution < 1.29 is 8.42 Å². The van der Waals surface area contributed by atoms with Gasteiger partial charge in [-0.05, 0) is 59.0 Å². The first-order valence-corrected chi connectivity index (χ1v) is 9.13. The monoisotopic (exact) mass is 288 g/mol. The lowest BCUT2D eigenvalue weighted by molar-refractivity contribution is 0.271. The van der Waals surface area contributed by atoms with Crippen molar-refractivity contribution in [1.29, 1.82) is 0 Å². The predicted octanol–water partition coefficient (Wildman–Crippen LogP) is 1.27. The van der Waals surface area contributed by atoms with Crippen LogP contribution >= 0.6 is 0 Å². The molecule has 4 nitrogen and oxygen atoms in total. The van der Waals surface area contributed by atoms with Crippen LogP contribution in [0.25, 0.3) is 0 Å². The third kappa shape index (κ3) is 4.17. The number of hydrogen-bond acceptors (Lipinski definition) is 4. The number of hydrogen-bond donors (Lipinski definition) is 1. The molecule has 1 saturated carbocycles. The molecule has 2 fully saturated rings. The molecule has 0 spiro atoms. The molecule has 1 aliphatic carbocycles. The largest absolute Gasteiger partial charge is 0.312 e. The lowest BCUT2D eigenvalue weighted by Gasteiger charge is -2.26. The molecule has 19 heavy (non-hydrogen) atoms. The van der Waals surface area contributed by atoms with Crippen LogP contribution in [-0.2, 0) is 9.84 Å². The molecule has 5 heteroatoms. The van der Waals surface area contributed by atoms with E-state index in [0.717, 1.165) is 32.0 Å². The normalized spacial score (nSPS) is 27.2. The second-order valence-electron chi connectivity index (χ2n) is 6.98. The van der Waals surface area contributed by atoms with E-state index in [0.29, 0.717) is 12.6 Å². The Hall–Kier alpha value is -0.130. The van der Waals surface area contributed by atoms with Crippen LogP contribution in [0.15, 0.2) is 0 Å². The molecule has 1 saturated heterocycles. The standard InChI is InChI=1S/C14H28N2O2S/c1-14(2,3)19(17,18)10-9-16-8-4-7-15-13(11-16)12-5-6-12/h12-13,15H,4-11H2,1-3H3. The summed E-state index contributed by atoms with van der Waals surface area (Å²) in [4.78, 5) is 2.34. The van der Waals surface area contributed by atoms with Crippen LogP contribution in [0.1, 0.15) is 40.0 Å². The highest BCUT2D eigenvalue weighted by molar-refractivity contribution is 7.92. The Balaban J connectivity index is 1.87. The molecular formula is C14H28N2O2S. The van der Waals surface area contributed by atoms with Crippen molar-refractivity contribution in [2.24, 2.45) is 5.92 Å². The molecular weight excluding hydrogens is 260 g/mol. The molecule has 0 radical (unpaired) electrons. The van der Waals surface area contributed by atoms with E-state index in [9.17, 15) is 8.42 Å². The molecule has 1 N–H and O–H groups in total. The van der Waals surface area contributed by atoms with E-state index in [1.165, 1.54) is 12.8 Å². The zero-order chi connectivity index (χ0) is 14.1. The highest BCUT2D eigenvalue weighted by atomic mass is 32.2. The summed E-state index contributed by atoms with van der Waals surface area (Å²) in [6.45, 7) is 9.17. The van der Waals surface area contributed by atoms with Crippen molar-refractivity contribution in [2.75, 3.05) is 31.9 Å². The second-order valence-corrected chi connectivity index (χ2v) is 9.85. The summed E-state index contributed by atoms with van der Waals surface area (Å²) in [5, 5.41) is 3.61. The van der Waals surface area contributed by atoms with E-state index in [1.54, 1.807) is 20.8 Å². The lowest BCUT2D eigenvalue weighted by Crippen LogP contribution is -2.42. The summed E-state index contributed by atoms with van der Waals surface area (Å²) in [6.07, 6.45) is 3.80. The van der Waals surface area contributed by atoms with E-state index in [-0.39, 0.29) is 5.75 Å². The Morgan fingerprint density at radius 3 is 2.53 bits per heavy atom. The average molecular weight is 288 g/mol. The predicted molar refractivity (Wildman–Crippen MR) is 79.1 cm³/mol. The van der Waals surface area contributed by atoms with Gasteiger partial charge in [-0.1, -0.05) is 0 Å². The summed E-state index contributed by atoms with van der Waals surface area (Å²) in [6, 6.07) is 0.583. The molecule has 1 atom stereocenters. The van der Waals surface area contributed by atoms with Gasteiger partial charge in [0.2, 0.25) is 0 Å². The number of sulfone groups is 1. The molecule has 2 rings (SSSR count). The van der Waals surface area contributed by atoms with E-state index in [2.05, 4.69) is 10.2 Å². The van der Waals surface area contributed by atoms with Gasteiger partial charge in [0.25, 0.3) is 0 Å². The van der Waals surface area contributed by atoms with Crippen LogP contribution in [0.5, 0.6) is 0 Å². The maximum Gasteiger partial charge on any atom is 0.156 e. The van der Waals surface area contributed by atoms with E-state index in [4.69, 9.17) is 0 Å². The first kappa shape index (κ1) is 15.3. The maximum atomic E-state index is 12.2. The zero-order valence-corrected chi connectivity index (χ0v) is 13.3. The fourth-order valence-electron chi connectivity index (χ4n) is 2.60. The highest BCUT2D eigenvalue weighted by Gasteiger charge is 2.34. The molecule has 2 aliphatic rings. The Bertz CT molecular complexity index is 396. The van der Waals surface area contributed by atoms with Gasteiger partial charge in [-0.3, -0.25) is 0 Å². The first-order valence-electron chi connectivity index (χ1n) is 7.48. The summed E-state index contributed by atoms with van der Waals surface area (Å²) >= 11 is 0. The van der Waals surface area contributed by atoms with Gasteiger partial charge in [0.15, 0.2) is 9.84 Å². The minimum Gasteiger partial charge on any atom is -0.312 e. The average Bonchev–Trinajstić information content (AvgIpc) is 3.11. The Morgan fingerprint density at radius 1 is 1.26 bits per heavy atom. The molecule has 112 valence electrons. The Morgan fingerprint density at radius 2 is 1.95 bits per heavy atom. The van der Waals surface area contributed by atoms with Gasteiger partial charge in [-0.15, -0.1) is 0 Å². The quantitative estimate of drug-likeness (QED) is 0.846. The molecule has 1 aliphatic heterocycles. The molecule has 0 bridgehead atoms.